The molecule has 2 heterocycles. The van der Waals surface area contributed by atoms with Crippen LogP contribution in [0.2, 0.25) is 10.0 Å². The molecule has 1 N–H and O–H groups in total. The van der Waals surface area contributed by atoms with Gasteiger partial charge in [0.05, 0.1) is 32.7 Å². The monoisotopic (exact) mass is 472 g/mol. The van der Waals surface area contributed by atoms with Gasteiger partial charge in [-0.1, -0.05) is 99.1 Å². The van der Waals surface area contributed by atoms with E-state index < -0.39 is 0 Å². The van der Waals surface area contributed by atoms with Crippen molar-refractivity contribution >= 4 is 35.0 Å². The quantitative estimate of drug-likeness (QED) is 0.239. The van der Waals surface area contributed by atoms with Crippen molar-refractivity contribution in [3.63, 3.8) is 0 Å². The number of thioether (sulfide) groups is 1. The minimum atomic E-state index is 0.537. The second-order valence-electron chi connectivity index (χ2n) is 5.70. The molecule has 0 amide bonds. The van der Waals surface area contributed by atoms with Gasteiger partial charge >= 0.3 is 0 Å². The predicted octanol–water partition coefficient (Wildman–Crippen LogP) is 8.28. The van der Waals surface area contributed by atoms with Crippen molar-refractivity contribution in [3.8, 4) is 34.0 Å². The van der Waals surface area contributed by atoms with Crippen LogP contribution in [0.3, 0.4) is 0 Å². The van der Waals surface area contributed by atoms with Crippen molar-refractivity contribution in [2.24, 2.45) is 0 Å². The molecule has 0 fully saturated rings. The molecule has 4 nitrogen and oxygen atoms in total. The van der Waals surface area contributed by atoms with Crippen LogP contribution < -0.4 is 0 Å². The Morgan fingerprint density at radius 1 is 0.806 bits per heavy atom. The molecule has 4 aromatic rings. The standard InChI is InChI=1S/C20H14Cl2N4S.2C2H6/c1-27-20-23-11-10-15(24-20)18-17(12-6-3-2-4-7-12)25-19(26-18)16-13(21)8-5-9-14(16)22;2*1-2/h2-11H,1H3,(H,25,26);2*1-2H3. The molecule has 0 saturated carbocycles. The molecule has 0 saturated heterocycles. The zero-order chi connectivity index (χ0) is 22.8. The van der Waals surface area contributed by atoms with Gasteiger partial charge in [0.25, 0.3) is 0 Å². The minimum absolute atomic E-state index is 0.537. The van der Waals surface area contributed by atoms with Crippen molar-refractivity contribution in [1.29, 1.82) is 0 Å². The molecule has 0 radical (unpaired) electrons. The van der Waals surface area contributed by atoms with E-state index in [1.807, 2.05) is 76.4 Å². The Morgan fingerprint density at radius 3 is 2.06 bits per heavy atom. The SMILES string of the molecule is CC.CC.CSc1nccc(-c2[nH]c(-c3c(Cl)cccc3Cl)nc2-c2ccccc2)n1. The van der Waals surface area contributed by atoms with E-state index in [4.69, 9.17) is 28.2 Å². The van der Waals surface area contributed by atoms with Gasteiger partial charge in [0.15, 0.2) is 5.16 Å². The van der Waals surface area contributed by atoms with Crippen molar-refractivity contribution in [3.05, 3.63) is 70.8 Å². The fourth-order valence-corrected chi connectivity index (χ4v) is 3.72. The Kier molecular flexibility index (Phi) is 10.0. The van der Waals surface area contributed by atoms with Gasteiger partial charge in [0.2, 0.25) is 0 Å². The van der Waals surface area contributed by atoms with Gasteiger partial charge in [0.1, 0.15) is 5.82 Å². The van der Waals surface area contributed by atoms with E-state index in [1.54, 1.807) is 18.3 Å². The van der Waals surface area contributed by atoms with Crippen LogP contribution in [0.15, 0.2) is 66.0 Å². The van der Waals surface area contributed by atoms with Crippen LogP contribution in [0, 0.1) is 0 Å². The van der Waals surface area contributed by atoms with Crippen molar-refractivity contribution < 1.29 is 0 Å². The third-order valence-corrected chi connectivity index (χ3v) is 5.21. The zero-order valence-corrected chi connectivity index (χ0v) is 20.6. The number of aromatic amines is 1. The molecule has 0 unspecified atom stereocenters. The number of hydrogen-bond acceptors (Lipinski definition) is 4. The second kappa shape index (κ2) is 12.5. The van der Waals surface area contributed by atoms with E-state index in [0.29, 0.717) is 26.6 Å². The van der Waals surface area contributed by atoms with Crippen LogP contribution in [0.5, 0.6) is 0 Å². The highest BCUT2D eigenvalue weighted by atomic mass is 35.5. The Hall–Kier alpha value is -2.34. The number of H-pyrrole nitrogens is 1. The van der Waals surface area contributed by atoms with Gasteiger partial charge in [-0.05, 0) is 24.5 Å². The van der Waals surface area contributed by atoms with E-state index in [-0.39, 0.29) is 0 Å². The molecule has 4 rings (SSSR count). The van der Waals surface area contributed by atoms with E-state index in [1.165, 1.54) is 11.8 Å². The topological polar surface area (TPSA) is 54.5 Å². The number of nitrogens with zero attached hydrogens (tertiary/aromatic N) is 3. The number of nitrogens with one attached hydrogen (secondary N) is 1. The van der Waals surface area contributed by atoms with Crippen LogP contribution in [-0.2, 0) is 0 Å². The molecule has 31 heavy (non-hydrogen) atoms. The molecule has 0 atom stereocenters. The van der Waals surface area contributed by atoms with Crippen LogP contribution >= 0.6 is 35.0 Å². The third-order valence-electron chi connectivity index (χ3n) is 4.02. The second-order valence-corrected chi connectivity index (χ2v) is 7.29. The summed E-state index contributed by atoms with van der Waals surface area (Å²) in [6.45, 7) is 8.00. The Balaban J connectivity index is 0.000000807. The summed E-state index contributed by atoms with van der Waals surface area (Å²) in [5.74, 6) is 0.601. The van der Waals surface area contributed by atoms with Crippen LogP contribution in [0.4, 0.5) is 0 Å². The highest BCUT2D eigenvalue weighted by Crippen LogP contribution is 2.37. The lowest BCUT2D eigenvalue weighted by molar-refractivity contribution is 0.973. The predicted molar refractivity (Wildman–Crippen MR) is 135 cm³/mol. The summed E-state index contributed by atoms with van der Waals surface area (Å²) < 4.78 is 0. The molecule has 0 aliphatic rings. The molecule has 2 aromatic carbocycles. The smallest absolute Gasteiger partial charge is 0.187 e. The van der Waals surface area contributed by atoms with Gasteiger partial charge in [-0.15, -0.1) is 0 Å². The largest absolute Gasteiger partial charge is 0.336 e. The fourth-order valence-electron chi connectivity index (χ4n) is 2.78. The summed E-state index contributed by atoms with van der Waals surface area (Å²) in [7, 11) is 0. The number of hydrogen-bond donors (Lipinski definition) is 1. The molecule has 0 spiro atoms. The molecule has 0 aliphatic carbocycles. The Labute approximate surface area is 198 Å². The van der Waals surface area contributed by atoms with Crippen molar-refractivity contribution in [1.82, 2.24) is 19.9 Å². The number of halogens is 2. The number of benzene rings is 2. The molecule has 0 aliphatic heterocycles. The first-order chi connectivity index (χ1) is 15.2. The summed E-state index contributed by atoms with van der Waals surface area (Å²) >= 11 is 14.3. The first kappa shape index (κ1) is 24.9. The average molecular weight is 473 g/mol. The van der Waals surface area contributed by atoms with E-state index >= 15 is 0 Å². The van der Waals surface area contributed by atoms with Gasteiger partial charge in [0, 0.05) is 11.8 Å². The Bertz CT molecular complexity index is 1080. The molecule has 7 heteroatoms. The van der Waals surface area contributed by atoms with Crippen LogP contribution in [-0.4, -0.2) is 26.2 Å². The number of aromatic nitrogens is 4. The maximum atomic E-state index is 6.39. The van der Waals surface area contributed by atoms with Crippen molar-refractivity contribution in [2.75, 3.05) is 6.26 Å². The lowest BCUT2D eigenvalue weighted by Crippen LogP contribution is -1.91. The maximum absolute atomic E-state index is 6.39. The summed E-state index contributed by atoms with van der Waals surface area (Å²) in [5, 5.41) is 1.77. The summed E-state index contributed by atoms with van der Waals surface area (Å²) in [6.07, 6.45) is 3.69. The number of rotatable bonds is 4. The van der Waals surface area contributed by atoms with E-state index in [9.17, 15) is 0 Å². The van der Waals surface area contributed by atoms with Crippen LogP contribution in [0.1, 0.15) is 27.7 Å². The first-order valence-electron chi connectivity index (χ1n) is 10.1. The lowest BCUT2D eigenvalue weighted by atomic mass is 10.1. The summed E-state index contributed by atoms with van der Waals surface area (Å²) in [5.41, 5.74) is 3.98. The zero-order valence-electron chi connectivity index (χ0n) is 18.3. The molecule has 0 bridgehead atoms. The lowest BCUT2D eigenvalue weighted by Gasteiger charge is -2.03. The normalized spacial score (nSPS) is 9.90. The van der Waals surface area contributed by atoms with E-state index in [0.717, 1.165) is 22.6 Å². The summed E-state index contributed by atoms with van der Waals surface area (Å²) in [6, 6.07) is 17.2. The average Bonchev–Trinajstić information content (AvgIpc) is 3.27. The van der Waals surface area contributed by atoms with E-state index in [2.05, 4.69) is 15.0 Å². The number of imidazole rings is 1. The fraction of sp³-hybridized carbons (Fsp3) is 0.208. The minimum Gasteiger partial charge on any atom is -0.336 e. The molecular formula is C24H26Cl2N4S. The van der Waals surface area contributed by atoms with Gasteiger partial charge in [-0.25, -0.2) is 15.0 Å². The van der Waals surface area contributed by atoms with Gasteiger partial charge in [-0.3, -0.25) is 0 Å². The first-order valence-corrected chi connectivity index (χ1v) is 12.1. The highest BCUT2D eigenvalue weighted by molar-refractivity contribution is 7.98. The van der Waals surface area contributed by atoms with Crippen LogP contribution in [0.25, 0.3) is 34.0 Å². The Morgan fingerprint density at radius 2 is 1.45 bits per heavy atom. The van der Waals surface area contributed by atoms with Gasteiger partial charge < -0.3 is 4.98 Å². The van der Waals surface area contributed by atoms with Gasteiger partial charge in [-0.2, -0.15) is 0 Å². The summed E-state index contributed by atoms with van der Waals surface area (Å²) in [4.78, 5) is 17.0. The van der Waals surface area contributed by atoms with Crippen molar-refractivity contribution in [2.45, 2.75) is 32.9 Å². The molecule has 2 aromatic heterocycles. The third kappa shape index (κ3) is 5.88. The highest BCUT2D eigenvalue weighted by Gasteiger charge is 2.19. The maximum Gasteiger partial charge on any atom is 0.187 e. The molecular weight excluding hydrogens is 447 g/mol. The molecule has 162 valence electrons.